The summed E-state index contributed by atoms with van der Waals surface area (Å²) in [5.41, 5.74) is 1.31. The van der Waals surface area contributed by atoms with Crippen LogP contribution in [0, 0.1) is 11.6 Å². The number of rotatable bonds is 5. The molecular weight excluding hydrogens is 442 g/mol. The van der Waals surface area contributed by atoms with E-state index < -0.39 is 11.6 Å². The van der Waals surface area contributed by atoms with Crippen LogP contribution in [0.25, 0.3) is 5.65 Å². The van der Waals surface area contributed by atoms with E-state index in [-0.39, 0.29) is 24.2 Å². The molecule has 0 saturated carbocycles. The summed E-state index contributed by atoms with van der Waals surface area (Å²) < 4.78 is 35.5. The van der Waals surface area contributed by atoms with Gasteiger partial charge < -0.3 is 19.9 Å². The number of carbonyl (C=O) groups excluding carboxylic acids is 1. The first-order valence-electron chi connectivity index (χ1n) is 11.7. The maximum Gasteiger partial charge on any atom is 0.322 e. The van der Waals surface area contributed by atoms with E-state index in [1.54, 1.807) is 27.9 Å². The number of carbonyl (C=O) groups is 1. The lowest BCUT2D eigenvalue weighted by Crippen LogP contribution is -2.43. The average molecular weight is 471 g/mol. The molecule has 0 spiro atoms. The lowest BCUT2D eigenvalue weighted by atomic mass is 10.0. The highest BCUT2D eigenvalue weighted by atomic mass is 19.1. The Balaban J connectivity index is 1.41. The smallest absolute Gasteiger partial charge is 0.322 e. The molecule has 8 nitrogen and oxygen atoms in total. The maximum absolute atomic E-state index is 14.5. The van der Waals surface area contributed by atoms with Crippen LogP contribution in [-0.4, -0.2) is 57.4 Å². The Hall–Kier alpha value is -3.27. The molecule has 34 heavy (non-hydrogen) atoms. The summed E-state index contributed by atoms with van der Waals surface area (Å²) in [6, 6.07) is 4.83. The predicted molar refractivity (Wildman–Crippen MR) is 124 cm³/mol. The van der Waals surface area contributed by atoms with Crippen molar-refractivity contribution in [1.29, 1.82) is 0 Å². The summed E-state index contributed by atoms with van der Waals surface area (Å²) in [7, 11) is 0. The number of urea groups is 1. The molecule has 180 valence electrons. The van der Waals surface area contributed by atoms with Crippen molar-refractivity contribution in [3.63, 3.8) is 0 Å². The first-order chi connectivity index (χ1) is 16.4. The summed E-state index contributed by atoms with van der Waals surface area (Å²) in [6.07, 6.45) is 5.79. The number of anilines is 2. The quantitative estimate of drug-likeness (QED) is 0.599. The van der Waals surface area contributed by atoms with Gasteiger partial charge in [0, 0.05) is 24.8 Å². The van der Waals surface area contributed by atoms with E-state index in [0.717, 1.165) is 25.0 Å². The fourth-order valence-corrected chi connectivity index (χ4v) is 5.01. The minimum Gasteiger partial charge on any atom is -0.376 e. The summed E-state index contributed by atoms with van der Waals surface area (Å²) in [6.45, 7) is 5.69. The number of hydrogen-bond acceptors (Lipinski definition) is 5. The van der Waals surface area contributed by atoms with E-state index in [1.807, 2.05) is 18.7 Å². The highest BCUT2D eigenvalue weighted by Crippen LogP contribution is 2.37. The zero-order chi connectivity index (χ0) is 23.8. The summed E-state index contributed by atoms with van der Waals surface area (Å²) in [5.74, 6) is -0.267. The van der Waals surface area contributed by atoms with Crippen LogP contribution in [-0.2, 0) is 4.74 Å². The molecule has 2 aliphatic rings. The minimum atomic E-state index is -0.463. The van der Waals surface area contributed by atoms with Gasteiger partial charge in [0.15, 0.2) is 5.65 Å². The number of benzene rings is 1. The van der Waals surface area contributed by atoms with Crippen molar-refractivity contribution >= 4 is 23.2 Å². The second kappa shape index (κ2) is 9.17. The highest BCUT2D eigenvalue weighted by Gasteiger charge is 2.32. The second-order valence-corrected chi connectivity index (χ2v) is 8.88. The third-order valence-corrected chi connectivity index (χ3v) is 6.68. The van der Waals surface area contributed by atoms with Crippen LogP contribution in [0.15, 0.2) is 36.7 Å². The predicted octanol–water partition coefficient (Wildman–Crippen LogP) is 4.38. The number of nitrogens with one attached hydrogen (secondary N) is 1. The van der Waals surface area contributed by atoms with Gasteiger partial charge in [-0.3, -0.25) is 0 Å². The van der Waals surface area contributed by atoms with Gasteiger partial charge >= 0.3 is 6.03 Å². The Morgan fingerprint density at radius 1 is 1.32 bits per heavy atom. The third-order valence-electron chi connectivity index (χ3n) is 6.68. The van der Waals surface area contributed by atoms with Gasteiger partial charge in [0.2, 0.25) is 0 Å². The molecule has 2 aliphatic heterocycles. The summed E-state index contributed by atoms with van der Waals surface area (Å²) in [5, 5.41) is 7.25. The number of halogens is 2. The SMILES string of the molecule is CCN(C(=O)Nc1cnn2ccc(N3CCC[C@@H]3c3cc(F)ccc3F)nc12)[C@@H]1CO[C@H](C)C1. The first kappa shape index (κ1) is 22.5. The molecule has 3 aromatic rings. The third kappa shape index (κ3) is 4.18. The average Bonchev–Trinajstić information content (AvgIpc) is 3.56. The molecule has 0 radical (unpaired) electrons. The Labute approximate surface area is 196 Å². The van der Waals surface area contributed by atoms with Gasteiger partial charge in [-0.1, -0.05) is 0 Å². The molecule has 5 rings (SSSR count). The van der Waals surface area contributed by atoms with E-state index >= 15 is 0 Å². The Morgan fingerprint density at radius 2 is 2.18 bits per heavy atom. The standard InChI is InChI=1S/C24H28F2N6O2/c1-3-30(17-11-15(2)34-14-17)24(33)28-20-13-27-32-10-8-22(29-23(20)32)31-9-4-5-21(31)18-12-16(25)6-7-19(18)26/h6-8,10,12-13,15,17,21H,3-5,9,11,14H2,1-2H3,(H,28,33)/t15-,17+,21-/m1/s1. The van der Waals surface area contributed by atoms with Crippen LogP contribution in [0.5, 0.6) is 0 Å². The van der Waals surface area contributed by atoms with Crippen LogP contribution in [0.3, 0.4) is 0 Å². The molecule has 1 aromatic carbocycles. The molecule has 0 bridgehead atoms. The first-order valence-corrected chi connectivity index (χ1v) is 11.7. The molecular formula is C24H28F2N6O2. The van der Waals surface area contributed by atoms with Crippen molar-refractivity contribution in [2.75, 3.05) is 29.9 Å². The number of likely N-dealkylation sites (N-methyl/N-ethyl adjacent to an activating group) is 1. The molecule has 2 aromatic heterocycles. The zero-order valence-electron chi connectivity index (χ0n) is 19.2. The summed E-state index contributed by atoms with van der Waals surface area (Å²) >= 11 is 0. The lowest BCUT2D eigenvalue weighted by Gasteiger charge is -2.27. The van der Waals surface area contributed by atoms with Crippen LogP contribution < -0.4 is 10.2 Å². The second-order valence-electron chi connectivity index (χ2n) is 8.88. The van der Waals surface area contributed by atoms with E-state index in [2.05, 4.69) is 10.4 Å². The van der Waals surface area contributed by atoms with Crippen molar-refractivity contribution in [3.05, 3.63) is 53.9 Å². The zero-order valence-corrected chi connectivity index (χ0v) is 19.2. The molecule has 1 N–H and O–H groups in total. The molecule has 2 amide bonds. The van der Waals surface area contributed by atoms with Crippen molar-refractivity contribution in [3.8, 4) is 0 Å². The Bertz CT molecular complexity index is 1200. The number of nitrogens with zero attached hydrogens (tertiary/aromatic N) is 5. The summed E-state index contributed by atoms with van der Waals surface area (Å²) in [4.78, 5) is 21.5. The van der Waals surface area contributed by atoms with Gasteiger partial charge in [-0.25, -0.2) is 23.1 Å². The van der Waals surface area contributed by atoms with Gasteiger partial charge in [-0.05, 0) is 57.4 Å². The molecule has 0 unspecified atom stereocenters. The normalized spacial score (nSPS) is 22.5. The van der Waals surface area contributed by atoms with Crippen LogP contribution >= 0.6 is 0 Å². The topological polar surface area (TPSA) is 75.0 Å². The minimum absolute atomic E-state index is 0.0249. The maximum atomic E-state index is 14.5. The number of fused-ring (bicyclic) bond motifs is 1. The fourth-order valence-electron chi connectivity index (χ4n) is 5.01. The molecule has 0 aliphatic carbocycles. The van der Waals surface area contributed by atoms with E-state index in [4.69, 9.17) is 9.72 Å². The number of ether oxygens (including phenoxy) is 1. The monoisotopic (exact) mass is 470 g/mol. The van der Waals surface area contributed by atoms with Crippen LogP contribution in [0.4, 0.5) is 25.1 Å². The molecule has 10 heteroatoms. The Morgan fingerprint density at radius 3 is 2.94 bits per heavy atom. The number of aromatic nitrogens is 3. The van der Waals surface area contributed by atoms with Gasteiger partial charge in [0.05, 0.1) is 31.0 Å². The van der Waals surface area contributed by atoms with Gasteiger partial charge in [-0.2, -0.15) is 5.10 Å². The van der Waals surface area contributed by atoms with Gasteiger partial charge in [0.1, 0.15) is 23.1 Å². The van der Waals surface area contributed by atoms with Gasteiger partial charge in [0.25, 0.3) is 0 Å². The Kier molecular flexibility index (Phi) is 6.07. The van der Waals surface area contributed by atoms with Crippen molar-refractivity contribution in [2.45, 2.75) is 51.3 Å². The number of hydrogen-bond donors (Lipinski definition) is 1. The van der Waals surface area contributed by atoms with E-state index in [0.29, 0.717) is 48.8 Å². The van der Waals surface area contributed by atoms with Crippen molar-refractivity contribution in [2.24, 2.45) is 0 Å². The fraction of sp³-hybridized carbons (Fsp3) is 0.458. The van der Waals surface area contributed by atoms with Gasteiger partial charge in [-0.15, -0.1) is 0 Å². The molecule has 3 atom stereocenters. The number of amides is 2. The van der Waals surface area contributed by atoms with E-state index in [1.165, 1.54) is 6.07 Å². The van der Waals surface area contributed by atoms with Crippen molar-refractivity contribution in [1.82, 2.24) is 19.5 Å². The van der Waals surface area contributed by atoms with E-state index in [9.17, 15) is 13.6 Å². The molecule has 4 heterocycles. The van der Waals surface area contributed by atoms with Crippen molar-refractivity contribution < 1.29 is 18.3 Å². The lowest BCUT2D eigenvalue weighted by molar-refractivity contribution is 0.113. The van der Waals surface area contributed by atoms with Crippen LogP contribution in [0.1, 0.15) is 44.7 Å². The molecule has 2 saturated heterocycles. The molecule has 2 fully saturated rings. The largest absolute Gasteiger partial charge is 0.376 e. The highest BCUT2D eigenvalue weighted by molar-refractivity contribution is 5.93. The van der Waals surface area contributed by atoms with Crippen LogP contribution in [0.2, 0.25) is 0 Å².